The molecule has 1 rings (SSSR count). The number of rotatable bonds is 2. The van der Waals surface area contributed by atoms with Gasteiger partial charge in [0.2, 0.25) is 5.78 Å². The van der Waals surface area contributed by atoms with E-state index in [9.17, 15) is 18.0 Å². The highest BCUT2D eigenvalue weighted by Gasteiger charge is 2.37. The molecule has 0 saturated carbocycles. The number of aryl methyl sites for hydroxylation is 1. The Morgan fingerprint density at radius 1 is 1.43 bits per heavy atom. The Kier molecular flexibility index (Phi) is 2.83. The molecule has 6 heteroatoms. The van der Waals surface area contributed by atoms with E-state index in [1.165, 1.54) is 6.07 Å². The van der Waals surface area contributed by atoms with E-state index in [0.717, 1.165) is 6.33 Å². The van der Waals surface area contributed by atoms with Crippen LogP contribution in [0.5, 0.6) is 0 Å². The summed E-state index contributed by atoms with van der Waals surface area (Å²) in [4.78, 5) is 17.8. The largest absolute Gasteiger partial charge is 0.450 e. The van der Waals surface area contributed by atoms with Gasteiger partial charge in [-0.15, -0.1) is 0 Å². The first kappa shape index (κ1) is 10.6. The van der Waals surface area contributed by atoms with Crippen molar-refractivity contribution >= 4 is 5.78 Å². The van der Waals surface area contributed by atoms with Gasteiger partial charge in [0.05, 0.1) is 12.1 Å². The van der Waals surface area contributed by atoms with Crippen LogP contribution in [0.2, 0.25) is 0 Å². The quantitative estimate of drug-likeness (QED) is 0.732. The summed E-state index contributed by atoms with van der Waals surface area (Å²) in [6.07, 6.45) is -4.39. The standard InChI is InChI=1S/C8H7F3N2O/c1-5-2-6(13-4-12-5)3-7(14)8(9,10)11/h2,4H,3H2,1H3. The Morgan fingerprint density at radius 3 is 2.57 bits per heavy atom. The van der Waals surface area contributed by atoms with Gasteiger partial charge in [-0.3, -0.25) is 4.79 Å². The molecule has 0 bridgehead atoms. The molecular formula is C8H7F3N2O. The van der Waals surface area contributed by atoms with Crippen LogP contribution in [0.1, 0.15) is 11.4 Å². The summed E-state index contributed by atoms with van der Waals surface area (Å²) in [5.41, 5.74) is 0.616. The van der Waals surface area contributed by atoms with Crippen LogP contribution < -0.4 is 0 Å². The van der Waals surface area contributed by atoms with Crippen molar-refractivity contribution in [1.29, 1.82) is 0 Å². The zero-order chi connectivity index (χ0) is 10.8. The van der Waals surface area contributed by atoms with Crippen LogP contribution in [0.25, 0.3) is 0 Å². The molecule has 0 aliphatic carbocycles. The molecule has 0 unspecified atom stereocenters. The lowest BCUT2D eigenvalue weighted by Crippen LogP contribution is -2.25. The van der Waals surface area contributed by atoms with Crippen molar-refractivity contribution in [2.24, 2.45) is 0 Å². The minimum atomic E-state index is -4.79. The van der Waals surface area contributed by atoms with Crippen LogP contribution in [0.4, 0.5) is 13.2 Å². The fraction of sp³-hybridized carbons (Fsp3) is 0.375. The van der Waals surface area contributed by atoms with Crippen LogP contribution in [-0.2, 0) is 11.2 Å². The molecular weight excluding hydrogens is 197 g/mol. The molecule has 0 radical (unpaired) electrons. The third kappa shape index (κ3) is 2.79. The van der Waals surface area contributed by atoms with Crippen molar-refractivity contribution in [3.8, 4) is 0 Å². The molecule has 14 heavy (non-hydrogen) atoms. The SMILES string of the molecule is Cc1cc(CC(=O)C(F)(F)F)ncn1. The predicted octanol–water partition coefficient (Wildman–Crippen LogP) is 1.46. The van der Waals surface area contributed by atoms with Crippen molar-refractivity contribution in [2.45, 2.75) is 19.5 Å². The summed E-state index contributed by atoms with van der Waals surface area (Å²) in [6.45, 7) is 1.61. The zero-order valence-corrected chi connectivity index (χ0v) is 7.30. The maximum atomic E-state index is 11.8. The third-order valence-electron chi connectivity index (χ3n) is 1.52. The molecule has 1 aromatic rings. The predicted molar refractivity (Wildman–Crippen MR) is 41.5 cm³/mol. The summed E-state index contributed by atoms with van der Waals surface area (Å²) in [6, 6.07) is 1.35. The molecule has 0 aliphatic heterocycles. The van der Waals surface area contributed by atoms with E-state index in [1.807, 2.05) is 0 Å². The Hall–Kier alpha value is -1.46. The lowest BCUT2D eigenvalue weighted by Gasteiger charge is -2.04. The maximum Gasteiger partial charge on any atom is 0.450 e. The number of carbonyl (C=O) groups excluding carboxylic acids is 1. The smallest absolute Gasteiger partial charge is 0.289 e. The van der Waals surface area contributed by atoms with Gasteiger partial charge in [0, 0.05) is 5.69 Å². The van der Waals surface area contributed by atoms with Gasteiger partial charge in [0.25, 0.3) is 0 Å². The monoisotopic (exact) mass is 204 g/mol. The molecule has 0 spiro atoms. The second-order valence-electron chi connectivity index (χ2n) is 2.75. The highest BCUT2D eigenvalue weighted by atomic mass is 19.4. The molecule has 0 aliphatic rings. The van der Waals surface area contributed by atoms with E-state index in [1.54, 1.807) is 6.92 Å². The summed E-state index contributed by atoms with van der Waals surface area (Å²) in [7, 11) is 0. The van der Waals surface area contributed by atoms with E-state index in [0.29, 0.717) is 5.69 Å². The highest BCUT2D eigenvalue weighted by Crippen LogP contribution is 2.17. The second-order valence-corrected chi connectivity index (χ2v) is 2.75. The topological polar surface area (TPSA) is 42.9 Å². The Balaban J connectivity index is 2.75. The second kappa shape index (κ2) is 3.73. The number of ketones is 1. The van der Waals surface area contributed by atoms with Gasteiger partial charge in [0.1, 0.15) is 6.33 Å². The number of aromatic nitrogens is 2. The van der Waals surface area contributed by atoms with Crippen LogP contribution in [0, 0.1) is 6.92 Å². The number of nitrogens with zero attached hydrogens (tertiary/aromatic N) is 2. The zero-order valence-electron chi connectivity index (χ0n) is 7.30. The lowest BCUT2D eigenvalue weighted by atomic mass is 10.2. The number of hydrogen-bond donors (Lipinski definition) is 0. The minimum Gasteiger partial charge on any atom is -0.289 e. The number of alkyl halides is 3. The van der Waals surface area contributed by atoms with Crippen LogP contribution in [-0.4, -0.2) is 21.9 Å². The number of Topliss-reactive ketones (excluding diaryl/α,β-unsaturated/α-hetero) is 1. The Bertz CT molecular complexity index is 349. The van der Waals surface area contributed by atoms with Gasteiger partial charge in [-0.05, 0) is 13.0 Å². The summed E-state index contributed by atoms with van der Waals surface area (Å²) >= 11 is 0. The molecule has 76 valence electrons. The van der Waals surface area contributed by atoms with Crippen molar-refractivity contribution in [3.63, 3.8) is 0 Å². The van der Waals surface area contributed by atoms with Gasteiger partial charge in [0.15, 0.2) is 0 Å². The number of hydrogen-bond acceptors (Lipinski definition) is 3. The van der Waals surface area contributed by atoms with Crippen LogP contribution in [0.3, 0.4) is 0 Å². The third-order valence-corrected chi connectivity index (χ3v) is 1.52. The Labute approximate surface area is 78.0 Å². The van der Waals surface area contributed by atoms with E-state index < -0.39 is 18.4 Å². The van der Waals surface area contributed by atoms with E-state index in [-0.39, 0.29) is 5.69 Å². The summed E-state index contributed by atoms with van der Waals surface area (Å²) in [5.74, 6) is -1.80. The molecule has 0 saturated heterocycles. The van der Waals surface area contributed by atoms with Crippen LogP contribution in [0.15, 0.2) is 12.4 Å². The van der Waals surface area contributed by atoms with Crippen molar-refractivity contribution in [2.75, 3.05) is 0 Å². The van der Waals surface area contributed by atoms with Gasteiger partial charge < -0.3 is 0 Å². The minimum absolute atomic E-state index is 0.0832. The molecule has 1 heterocycles. The molecule has 0 atom stereocenters. The average molecular weight is 204 g/mol. The molecule has 1 aromatic heterocycles. The van der Waals surface area contributed by atoms with Crippen LogP contribution >= 0.6 is 0 Å². The Morgan fingerprint density at radius 2 is 2.07 bits per heavy atom. The number of carbonyl (C=O) groups is 1. The first-order valence-electron chi connectivity index (χ1n) is 3.77. The number of halogens is 3. The van der Waals surface area contributed by atoms with E-state index in [4.69, 9.17) is 0 Å². The molecule has 0 aromatic carbocycles. The van der Waals surface area contributed by atoms with Gasteiger partial charge in [-0.25, -0.2) is 9.97 Å². The van der Waals surface area contributed by atoms with Gasteiger partial charge >= 0.3 is 6.18 Å². The van der Waals surface area contributed by atoms with Crippen molar-refractivity contribution in [1.82, 2.24) is 9.97 Å². The lowest BCUT2D eigenvalue weighted by molar-refractivity contribution is -0.170. The van der Waals surface area contributed by atoms with Crippen molar-refractivity contribution < 1.29 is 18.0 Å². The molecule has 0 fully saturated rings. The van der Waals surface area contributed by atoms with Gasteiger partial charge in [-0.1, -0.05) is 0 Å². The summed E-state index contributed by atoms with van der Waals surface area (Å²) < 4.78 is 35.5. The first-order valence-corrected chi connectivity index (χ1v) is 3.77. The van der Waals surface area contributed by atoms with E-state index in [2.05, 4.69) is 9.97 Å². The van der Waals surface area contributed by atoms with Gasteiger partial charge in [-0.2, -0.15) is 13.2 Å². The fourth-order valence-corrected chi connectivity index (χ4v) is 0.871. The normalized spacial score (nSPS) is 11.4. The first-order chi connectivity index (χ1) is 6.39. The van der Waals surface area contributed by atoms with E-state index >= 15 is 0 Å². The van der Waals surface area contributed by atoms with Crippen molar-refractivity contribution in [3.05, 3.63) is 23.8 Å². The fourth-order valence-electron chi connectivity index (χ4n) is 0.871. The molecule has 0 N–H and O–H groups in total. The molecule has 0 amide bonds. The average Bonchev–Trinajstić information content (AvgIpc) is 2.02. The molecule has 3 nitrogen and oxygen atoms in total. The summed E-state index contributed by atoms with van der Waals surface area (Å²) in [5, 5.41) is 0. The highest BCUT2D eigenvalue weighted by molar-refractivity contribution is 5.85. The maximum absolute atomic E-state index is 11.8.